The number of aryl methyl sites for hydroxylation is 1. The Hall–Kier alpha value is -2.77. The number of aromatic nitrogens is 1. The lowest BCUT2D eigenvalue weighted by Gasteiger charge is -2.10. The molecule has 2 N–H and O–H groups in total. The van der Waals surface area contributed by atoms with Crippen molar-refractivity contribution in [1.82, 2.24) is 4.98 Å². The molecule has 1 aromatic heterocycles. The lowest BCUT2D eigenvalue weighted by atomic mass is 10.2. The molecule has 0 atom stereocenters. The van der Waals surface area contributed by atoms with E-state index in [0.717, 1.165) is 5.56 Å². The average Bonchev–Trinajstić information content (AvgIpc) is 2.54. The summed E-state index contributed by atoms with van der Waals surface area (Å²) in [7, 11) is 0. The zero-order chi connectivity index (χ0) is 18.4. The van der Waals surface area contributed by atoms with Crippen LogP contribution in [0.15, 0.2) is 41.3 Å². The van der Waals surface area contributed by atoms with Gasteiger partial charge < -0.3 is 15.0 Å². The molecule has 0 saturated heterocycles. The van der Waals surface area contributed by atoms with E-state index >= 15 is 0 Å². The number of pyridine rings is 1. The van der Waals surface area contributed by atoms with Gasteiger partial charge in [-0.3, -0.25) is 9.59 Å². The van der Waals surface area contributed by atoms with E-state index < -0.39 is 28.9 Å². The van der Waals surface area contributed by atoms with Gasteiger partial charge in [0.1, 0.15) is 11.4 Å². The van der Waals surface area contributed by atoms with E-state index in [0.29, 0.717) is 24.4 Å². The van der Waals surface area contributed by atoms with Crippen molar-refractivity contribution >= 4 is 11.6 Å². The molecule has 0 radical (unpaired) electrons. The molecular weight excluding hydrogens is 337 g/mol. The summed E-state index contributed by atoms with van der Waals surface area (Å²) in [5, 5.41) is 2.19. The fourth-order valence-electron chi connectivity index (χ4n) is 2.09. The normalized spacial score (nSPS) is 11.2. The van der Waals surface area contributed by atoms with E-state index in [1.54, 1.807) is 6.07 Å². The molecule has 0 aliphatic carbocycles. The maximum absolute atomic E-state index is 12.6. The van der Waals surface area contributed by atoms with Crippen molar-refractivity contribution in [3.63, 3.8) is 0 Å². The number of hydrogen-bond donors (Lipinski definition) is 2. The molecule has 0 fully saturated rings. The predicted octanol–water partition coefficient (Wildman–Crippen LogP) is 3.50. The van der Waals surface area contributed by atoms with Crippen molar-refractivity contribution in [3.8, 4) is 5.75 Å². The molecule has 1 heterocycles. The van der Waals surface area contributed by atoms with Crippen LogP contribution in [0.4, 0.5) is 18.9 Å². The largest absolute Gasteiger partial charge is 0.493 e. The number of hydrogen-bond acceptors (Lipinski definition) is 3. The average molecular weight is 354 g/mol. The summed E-state index contributed by atoms with van der Waals surface area (Å²) in [6, 6.07) is 8.01. The molecule has 0 spiro atoms. The van der Waals surface area contributed by atoms with Gasteiger partial charge in [0.25, 0.3) is 5.56 Å². The van der Waals surface area contributed by atoms with E-state index in [-0.39, 0.29) is 13.0 Å². The predicted molar refractivity (Wildman–Crippen MR) is 86.6 cm³/mol. The Labute approximate surface area is 141 Å². The molecule has 0 aliphatic rings. The fraction of sp³-hybridized carbons (Fsp3) is 0.294. The van der Waals surface area contributed by atoms with E-state index in [1.165, 1.54) is 0 Å². The smallest absolute Gasteiger partial charge is 0.417 e. The van der Waals surface area contributed by atoms with Crippen LogP contribution in [0.25, 0.3) is 0 Å². The number of rotatable bonds is 6. The Morgan fingerprint density at radius 3 is 2.68 bits per heavy atom. The van der Waals surface area contributed by atoms with E-state index in [1.807, 2.05) is 30.1 Å². The van der Waals surface area contributed by atoms with Gasteiger partial charge in [-0.05, 0) is 31.0 Å². The summed E-state index contributed by atoms with van der Waals surface area (Å²) >= 11 is 0. The summed E-state index contributed by atoms with van der Waals surface area (Å²) in [5.41, 5.74) is -1.30. The lowest BCUT2D eigenvalue weighted by molar-refractivity contribution is -0.137. The third-order valence-corrected chi connectivity index (χ3v) is 3.40. The number of ether oxygens (including phenoxy) is 1. The Morgan fingerprint density at radius 1 is 1.28 bits per heavy atom. The first-order valence-corrected chi connectivity index (χ1v) is 7.55. The second kappa shape index (κ2) is 7.87. The number of anilines is 1. The zero-order valence-electron chi connectivity index (χ0n) is 13.4. The number of halogens is 3. The molecule has 2 aromatic rings. The zero-order valence-corrected chi connectivity index (χ0v) is 13.4. The van der Waals surface area contributed by atoms with Gasteiger partial charge in [-0.25, -0.2) is 0 Å². The summed E-state index contributed by atoms with van der Waals surface area (Å²) in [6.07, 6.45) is -3.67. The van der Waals surface area contributed by atoms with Crippen LogP contribution in [0.3, 0.4) is 0 Å². The molecule has 25 heavy (non-hydrogen) atoms. The second-order valence-corrected chi connectivity index (χ2v) is 5.39. The van der Waals surface area contributed by atoms with Crippen LogP contribution in [0, 0.1) is 6.92 Å². The standard InChI is InChI=1S/C17H17F3N2O3/c1-11-5-2-3-6-14(11)25-8-4-7-15(23)22-13-9-12(17(18,19)20)10-21-16(13)24/h2-3,5-6,9-10H,4,7-8H2,1H3,(H,21,24)(H,22,23). The highest BCUT2D eigenvalue weighted by Crippen LogP contribution is 2.29. The molecule has 0 aliphatic heterocycles. The van der Waals surface area contributed by atoms with E-state index in [9.17, 15) is 22.8 Å². The maximum atomic E-state index is 12.6. The molecule has 8 heteroatoms. The summed E-state index contributed by atoms with van der Waals surface area (Å²) in [5.74, 6) is 0.149. The van der Waals surface area contributed by atoms with Gasteiger partial charge >= 0.3 is 6.18 Å². The van der Waals surface area contributed by atoms with Crippen molar-refractivity contribution < 1.29 is 22.7 Å². The number of amides is 1. The number of carbonyl (C=O) groups excluding carboxylic acids is 1. The summed E-state index contributed by atoms with van der Waals surface area (Å²) in [4.78, 5) is 25.3. The topological polar surface area (TPSA) is 71.2 Å². The van der Waals surface area contributed by atoms with Crippen LogP contribution in [0.1, 0.15) is 24.0 Å². The quantitative estimate of drug-likeness (QED) is 0.780. The molecule has 5 nitrogen and oxygen atoms in total. The molecule has 1 amide bonds. The number of nitrogens with one attached hydrogen (secondary N) is 2. The number of carbonyl (C=O) groups is 1. The molecular formula is C17H17F3N2O3. The number of para-hydroxylation sites is 1. The van der Waals surface area contributed by atoms with E-state index in [2.05, 4.69) is 5.32 Å². The maximum Gasteiger partial charge on any atom is 0.417 e. The Balaban J connectivity index is 1.86. The minimum atomic E-state index is -4.61. The molecule has 1 aromatic carbocycles. The van der Waals surface area contributed by atoms with Crippen LogP contribution in [0.5, 0.6) is 5.75 Å². The van der Waals surface area contributed by atoms with Crippen LogP contribution in [-0.2, 0) is 11.0 Å². The SMILES string of the molecule is Cc1ccccc1OCCCC(=O)Nc1cc(C(F)(F)F)c[nH]c1=O. The Morgan fingerprint density at radius 2 is 2.00 bits per heavy atom. The summed E-state index contributed by atoms with van der Waals surface area (Å²) < 4.78 is 43.4. The first-order valence-electron chi connectivity index (χ1n) is 7.55. The highest BCUT2D eigenvalue weighted by molar-refractivity contribution is 5.90. The van der Waals surface area contributed by atoms with Gasteiger partial charge in [-0.1, -0.05) is 18.2 Å². The minimum absolute atomic E-state index is 0.0154. The molecule has 2 rings (SSSR count). The number of H-pyrrole nitrogens is 1. The summed E-state index contributed by atoms with van der Waals surface area (Å²) in [6.45, 7) is 2.17. The number of alkyl halides is 3. The van der Waals surface area contributed by atoms with Crippen LogP contribution in [-0.4, -0.2) is 17.5 Å². The van der Waals surface area contributed by atoms with Gasteiger partial charge in [0.15, 0.2) is 0 Å². The van der Waals surface area contributed by atoms with Gasteiger partial charge in [0.05, 0.1) is 12.2 Å². The van der Waals surface area contributed by atoms with Crippen molar-refractivity contribution in [1.29, 1.82) is 0 Å². The monoisotopic (exact) mass is 354 g/mol. The fourth-order valence-corrected chi connectivity index (χ4v) is 2.09. The van der Waals surface area contributed by atoms with Gasteiger partial charge in [-0.15, -0.1) is 0 Å². The van der Waals surface area contributed by atoms with Crippen molar-refractivity contribution in [2.45, 2.75) is 25.9 Å². The van der Waals surface area contributed by atoms with Gasteiger partial charge in [0.2, 0.25) is 5.91 Å². The molecule has 0 bridgehead atoms. The van der Waals surface area contributed by atoms with Crippen molar-refractivity contribution in [3.05, 3.63) is 58.0 Å². The highest BCUT2D eigenvalue weighted by atomic mass is 19.4. The van der Waals surface area contributed by atoms with Crippen molar-refractivity contribution in [2.24, 2.45) is 0 Å². The molecule has 134 valence electrons. The van der Waals surface area contributed by atoms with Crippen LogP contribution >= 0.6 is 0 Å². The first kappa shape index (κ1) is 18.6. The number of aromatic amines is 1. The van der Waals surface area contributed by atoms with Crippen LogP contribution in [0.2, 0.25) is 0 Å². The minimum Gasteiger partial charge on any atom is -0.493 e. The lowest BCUT2D eigenvalue weighted by Crippen LogP contribution is -2.21. The van der Waals surface area contributed by atoms with Crippen LogP contribution < -0.4 is 15.6 Å². The van der Waals surface area contributed by atoms with Gasteiger partial charge in [0, 0.05) is 12.6 Å². The molecule has 0 unspecified atom stereocenters. The van der Waals surface area contributed by atoms with Crippen molar-refractivity contribution in [2.75, 3.05) is 11.9 Å². The molecule has 0 saturated carbocycles. The third kappa shape index (κ3) is 5.37. The Bertz CT molecular complexity index is 800. The van der Waals surface area contributed by atoms with Gasteiger partial charge in [-0.2, -0.15) is 13.2 Å². The number of benzene rings is 1. The van der Waals surface area contributed by atoms with E-state index in [4.69, 9.17) is 4.74 Å². The first-order chi connectivity index (χ1) is 11.8. The second-order valence-electron chi connectivity index (χ2n) is 5.39. The Kier molecular flexibility index (Phi) is 5.84. The third-order valence-electron chi connectivity index (χ3n) is 3.40. The highest BCUT2D eigenvalue weighted by Gasteiger charge is 2.31.